The fourth-order valence-electron chi connectivity index (χ4n) is 3.09. The molecular weight excluding hydrogens is 331 g/mol. The van der Waals surface area contributed by atoms with Crippen molar-refractivity contribution in [3.8, 4) is 0 Å². The minimum atomic E-state index is -0.306. The van der Waals surface area contributed by atoms with Gasteiger partial charge in [0, 0.05) is 13.2 Å². The maximum absolute atomic E-state index is 13.0. The lowest BCUT2D eigenvalue weighted by molar-refractivity contribution is -0.121. The van der Waals surface area contributed by atoms with Crippen LogP contribution in [0.5, 0.6) is 0 Å². The average Bonchev–Trinajstić information content (AvgIpc) is 2.93. The number of halogens is 1. The molecule has 0 unspecified atom stereocenters. The number of carbonyl (C=O) groups excluding carboxylic acids is 1. The zero-order valence-electron chi connectivity index (χ0n) is 15.2. The molecule has 0 radical (unpaired) electrons. The van der Waals surface area contributed by atoms with Crippen molar-refractivity contribution >= 4 is 17.1 Å². The van der Waals surface area contributed by atoms with Gasteiger partial charge in [0.25, 0.3) is 0 Å². The van der Waals surface area contributed by atoms with E-state index in [-0.39, 0.29) is 24.2 Å². The molecule has 1 aromatic carbocycles. The van der Waals surface area contributed by atoms with E-state index in [0.717, 1.165) is 29.0 Å². The zero-order chi connectivity index (χ0) is 18.7. The number of rotatable bonds is 6. The molecule has 6 heteroatoms. The third-order valence-corrected chi connectivity index (χ3v) is 4.29. The van der Waals surface area contributed by atoms with Gasteiger partial charge in [-0.1, -0.05) is 26.0 Å². The van der Waals surface area contributed by atoms with Crippen molar-refractivity contribution in [3.05, 3.63) is 59.8 Å². The molecule has 1 atom stereocenters. The Hall–Kier alpha value is -2.76. The fraction of sp³-hybridized carbons (Fsp3) is 0.350. The van der Waals surface area contributed by atoms with Crippen molar-refractivity contribution in [3.63, 3.8) is 0 Å². The largest absolute Gasteiger partial charge is 0.346 e. The molecule has 0 aliphatic heterocycles. The van der Waals surface area contributed by atoms with Crippen LogP contribution in [-0.4, -0.2) is 20.4 Å². The van der Waals surface area contributed by atoms with Crippen LogP contribution in [-0.2, 0) is 18.3 Å². The summed E-state index contributed by atoms with van der Waals surface area (Å²) in [4.78, 5) is 21.6. The summed E-state index contributed by atoms with van der Waals surface area (Å²) in [5, 5.41) is 3.09. The molecule has 0 bridgehead atoms. The Labute approximate surface area is 152 Å². The van der Waals surface area contributed by atoms with E-state index in [1.54, 1.807) is 18.3 Å². The molecular formula is C20H23FN4O. The predicted molar refractivity (Wildman–Crippen MR) is 99.0 cm³/mol. The molecule has 26 heavy (non-hydrogen) atoms. The molecule has 3 rings (SSSR count). The number of pyridine rings is 1. The number of nitrogens with one attached hydrogen (secondary N) is 1. The second kappa shape index (κ2) is 7.64. The van der Waals surface area contributed by atoms with Crippen molar-refractivity contribution in [2.45, 2.75) is 32.7 Å². The first-order chi connectivity index (χ1) is 12.4. The molecule has 1 N–H and O–H groups in total. The maximum atomic E-state index is 13.0. The lowest BCUT2D eigenvalue weighted by atomic mass is 10.0. The fourth-order valence-corrected chi connectivity index (χ4v) is 3.09. The molecule has 0 fully saturated rings. The van der Waals surface area contributed by atoms with Crippen LogP contribution in [0.4, 0.5) is 4.39 Å². The van der Waals surface area contributed by atoms with Crippen LogP contribution in [0, 0.1) is 11.7 Å². The van der Waals surface area contributed by atoms with Crippen molar-refractivity contribution in [2.75, 3.05) is 0 Å². The van der Waals surface area contributed by atoms with Gasteiger partial charge in [0.05, 0.1) is 12.5 Å². The minimum Gasteiger partial charge on any atom is -0.346 e. The Balaban J connectivity index is 1.82. The summed E-state index contributed by atoms with van der Waals surface area (Å²) in [7, 11) is 1.91. The lowest BCUT2D eigenvalue weighted by Gasteiger charge is -2.20. The molecule has 2 heterocycles. The van der Waals surface area contributed by atoms with Gasteiger partial charge in [0.2, 0.25) is 5.91 Å². The SMILES string of the molecule is CC(C)C[C@H](NC(=O)Cc1ccc(F)cc1)c1nc2cccnc2n1C. The Morgan fingerprint density at radius 3 is 2.62 bits per heavy atom. The van der Waals surface area contributed by atoms with E-state index < -0.39 is 0 Å². The number of fused-ring (bicyclic) bond motifs is 1. The summed E-state index contributed by atoms with van der Waals surface area (Å²) in [6.07, 6.45) is 2.71. The normalized spacial score (nSPS) is 12.5. The van der Waals surface area contributed by atoms with Crippen molar-refractivity contribution in [1.82, 2.24) is 19.9 Å². The molecule has 0 spiro atoms. The molecule has 0 aliphatic carbocycles. The van der Waals surface area contributed by atoms with E-state index in [2.05, 4.69) is 29.1 Å². The molecule has 2 aromatic heterocycles. The highest BCUT2D eigenvalue weighted by atomic mass is 19.1. The van der Waals surface area contributed by atoms with Crippen LogP contribution >= 0.6 is 0 Å². The first kappa shape index (κ1) is 18.0. The second-order valence-corrected chi connectivity index (χ2v) is 6.93. The van der Waals surface area contributed by atoms with Gasteiger partial charge >= 0.3 is 0 Å². The van der Waals surface area contributed by atoms with Gasteiger partial charge in [0.1, 0.15) is 17.2 Å². The monoisotopic (exact) mass is 354 g/mol. The number of aryl methyl sites for hydroxylation is 1. The maximum Gasteiger partial charge on any atom is 0.225 e. The number of hydrogen-bond acceptors (Lipinski definition) is 3. The van der Waals surface area contributed by atoms with Gasteiger partial charge < -0.3 is 9.88 Å². The smallest absolute Gasteiger partial charge is 0.225 e. The number of hydrogen-bond donors (Lipinski definition) is 1. The zero-order valence-corrected chi connectivity index (χ0v) is 15.2. The summed E-state index contributed by atoms with van der Waals surface area (Å²) in [6.45, 7) is 4.22. The van der Waals surface area contributed by atoms with Gasteiger partial charge in [-0.15, -0.1) is 0 Å². The third kappa shape index (κ3) is 4.07. The topological polar surface area (TPSA) is 59.8 Å². The van der Waals surface area contributed by atoms with Crippen molar-refractivity contribution in [1.29, 1.82) is 0 Å². The minimum absolute atomic E-state index is 0.109. The Morgan fingerprint density at radius 2 is 1.96 bits per heavy atom. The van der Waals surface area contributed by atoms with Crippen LogP contribution in [0.2, 0.25) is 0 Å². The lowest BCUT2D eigenvalue weighted by Crippen LogP contribution is -2.32. The number of aromatic nitrogens is 3. The first-order valence-corrected chi connectivity index (χ1v) is 8.75. The summed E-state index contributed by atoms with van der Waals surface area (Å²) >= 11 is 0. The number of carbonyl (C=O) groups is 1. The standard InChI is InChI=1S/C20H23FN4O/c1-13(2)11-17(20-24-16-5-4-10-22-19(16)25(20)3)23-18(26)12-14-6-8-15(21)9-7-14/h4-10,13,17H,11-12H2,1-3H3,(H,23,26)/t17-/m0/s1. The predicted octanol–water partition coefficient (Wildman–Crippen LogP) is 3.55. The number of amides is 1. The highest BCUT2D eigenvalue weighted by Gasteiger charge is 2.22. The molecule has 3 aromatic rings. The van der Waals surface area contributed by atoms with Gasteiger partial charge in [0.15, 0.2) is 5.65 Å². The second-order valence-electron chi connectivity index (χ2n) is 6.93. The van der Waals surface area contributed by atoms with Crippen LogP contribution < -0.4 is 5.32 Å². The molecule has 0 aliphatic rings. The van der Waals surface area contributed by atoms with Crippen molar-refractivity contribution in [2.24, 2.45) is 13.0 Å². The summed E-state index contributed by atoms with van der Waals surface area (Å²) in [5.74, 6) is 0.764. The average molecular weight is 354 g/mol. The summed E-state index contributed by atoms with van der Waals surface area (Å²) in [6, 6.07) is 9.55. The van der Waals surface area contributed by atoms with Gasteiger partial charge in [-0.25, -0.2) is 14.4 Å². The van der Waals surface area contributed by atoms with E-state index in [0.29, 0.717) is 5.92 Å². The number of imidazole rings is 1. The van der Waals surface area contributed by atoms with Crippen molar-refractivity contribution < 1.29 is 9.18 Å². The Morgan fingerprint density at radius 1 is 1.23 bits per heavy atom. The quantitative estimate of drug-likeness (QED) is 0.736. The van der Waals surface area contributed by atoms with Gasteiger partial charge in [-0.3, -0.25) is 4.79 Å². The van der Waals surface area contributed by atoms with E-state index in [4.69, 9.17) is 0 Å². The van der Waals surface area contributed by atoms with Gasteiger partial charge in [-0.05, 0) is 42.2 Å². The highest BCUT2D eigenvalue weighted by molar-refractivity contribution is 5.79. The highest BCUT2D eigenvalue weighted by Crippen LogP contribution is 2.23. The number of benzene rings is 1. The van der Waals surface area contributed by atoms with E-state index in [1.165, 1.54) is 12.1 Å². The molecule has 0 saturated carbocycles. The van der Waals surface area contributed by atoms with Gasteiger partial charge in [-0.2, -0.15) is 0 Å². The summed E-state index contributed by atoms with van der Waals surface area (Å²) in [5.41, 5.74) is 2.38. The van der Waals surface area contributed by atoms with Crippen LogP contribution in [0.3, 0.4) is 0 Å². The van der Waals surface area contributed by atoms with E-state index >= 15 is 0 Å². The first-order valence-electron chi connectivity index (χ1n) is 8.75. The third-order valence-electron chi connectivity index (χ3n) is 4.29. The van der Waals surface area contributed by atoms with E-state index in [1.807, 2.05) is 23.7 Å². The molecule has 136 valence electrons. The van der Waals surface area contributed by atoms with Crippen LogP contribution in [0.25, 0.3) is 11.2 Å². The molecule has 1 amide bonds. The van der Waals surface area contributed by atoms with Crippen LogP contribution in [0.15, 0.2) is 42.6 Å². The molecule has 0 saturated heterocycles. The Kier molecular flexibility index (Phi) is 5.30. The van der Waals surface area contributed by atoms with E-state index in [9.17, 15) is 9.18 Å². The Bertz CT molecular complexity index is 902. The van der Waals surface area contributed by atoms with Crippen LogP contribution in [0.1, 0.15) is 37.7 Å². The number of nitrogens with zero attached hydrogens (tertiary/aromatic N) is 3. The molecule has 5 nitrogen and oxygen atoms in total. The summed E-state index contributed by atoms with van der Waals surface area (Å²) < 4.78 is 15.0.